The molecule has 0 amide bonds. The average Bonchev–Trinajstić information content (AvgIpc) is 2.73. The number of ketones is 1. The van der Waals surface area contributed by atoms with Crippen LogP contribution in [0.4, 0.5) is 0 Å². The van der Waals surface area contributed by atoms with E-state index in [1.165, 1.54) is 0 Å². The van der Waals surface area contributed by atoms with Gasteiger partial charge in [-0.3, -0.25) is 9.59 Å². The number of ether oxygens (including phenoxy) is 1. The van der Waals surface area contributed by atoms with Gasteiger partial charge < -0.3 is 10.1 Å². The summed E-state index contributed by atoms with van der Waals surface area (Å²) in [7, 11) is 0. The van der Waals surface area contributed by atoms with E-state index in [1.54, 1.807) is 6.07 Å². The Hall–Kier alpha value is -2.85. The minimum Gasteiger partial charge on any atom is -0.465 e. The first-order valence-electron chi connectivity index (χ1n) is 10.2. The normalized spacial score (nSPS) is 21.1. The summed E-state index contributed by atoms with van der Waals surface area (Å²) in [5.74, 6) is -1.42. The molecule has 2 aliphatic rings. The highest BCUT2D eigenvalue weighted by atomic mass is 35.5. The van der Waals surface area contributed by atoms with Crippen LogP contribution in [0.15, 0.2) is 78.1 Å². The van der Waals surface area contributed by atoms with E-state index in [4.69, 9.17) is 16.3 Å². The molecule has 0 saturated carbocycles. The number of carbonyl (C=O) groups is 2. The number of halogens is 1. The number of benzene rings is 2. The third-order valence-electron chi connectivity index (χ3n) is 5.73. The molecule has 0 saturated heterocycles. The Bertz CT molecular complexity index is 1010. The molecule has 0 spiro atoms. The predicted octanol–water partition coefficient (Wildman–Crippen LogP) is 4.95. The van der Waals surface area contributed by atoms with Crippen molar-refractivity contribution in [3.8, 4) is 0 Å². The summed E-state index contributed by atoms with van der Waals surface area (Å²) >= 11 is 6.24. The van der Waals surface area contributed by atoms with Gasteiger partial charge in [0.25, 0.3) is 0 Å². The largest absolute Gasteiger partial charge is 0.465 e. The van der Waals surface area contributed by atoms with Crippen molar-refractivity contribution in [2.75, 3.05) is 6.61 Å². The molecular formula is C25H24ClNO3. The lowest BCUT2D eigenvalue weighted by Gasteiger charge is -2.38. The quantitative estimate of drug-likeness (QED) is 0.694. The van der Waals surface area contributed by atoms with Gasteiger partial charge in [-0.05, 0) is 36.1 Å². The third kappa shape index (κ3) is 4.19. The molecule has 1 heterocycles. The first-order chi connectivity index (χ1) is 14.5. The van der Waals surface area contributed by atoms with Gasteiger partial charge in [0.15, 0.2) is 5.78 Å². The van der Waals surface area contributed by atoms with E-state index in [2.05, 4.69) is 11.9 Å². The highest BCUT2D eigenvalue weighted by molar-refractivity contribution is 6.30. The Morgan fingerprint density at radius 2 is 1.93 bits per heavy atom. The fourth-order valence-electron chi connectivity index (χ4n) is 4.34. The van der Waals surface area contributed by atoms with Gasteiger partial charge in [-0.15, -0.1) is 0 Å². The minimum absolute atomic E-state index is 0.0725. The summed E-state index contributed by atoms with van der Waals surface area (Å²) in [6, 6.07) is 17.2. The second kappa shape index (κ2) is 8.88. The summed E-state index contributed by atoms with van der Waals surface area (Å²) in [4.78, 5) is 26.0. The molecule has 2 aromatic rings. The number of Topliss-reactive ketones (excluding diaryl/α,β-unsaturated/α-hetero) is 1. The molecule has 1 N–H and O–H groups in total. The Morgan fingerprint density at radius 1 is 1.13 bits per heavy atom. The van der Waals surface area contributed by atoms with Crippen molar-refractivity contribution in [1.82, 2.24) is 5.32 Å². The van der Waals surface area contributed by atoms with Gasteiger partial charge in [-0.1, -0.05) is 60.6 Å². The lowest BCUT2D eigenvalue weighted by molar-refractivity contribution is -0.147. The van der Waals surface area contributed by atoms with Crippen LogP contribution in [0.2, 0.25) is 5.02 Å². The molecule has 154 valence electrons. The Kier molecular flexibility index (Phi) is 6.05. The van der Waals surface area contributed by atoms with E-state index in [1.807, 2.05) is 48.5 Å². The van der Waals surface area contributed by atoms with Crippen molar-refractivity contribution in [2.24, 2.45) is 5.92 Å². The molecule has 0 radical (unpaired) electrons. The average molecular weight is 422 g/mol. The van der Waals surface area contributed by atoms with E-state index in [0.29, 0.717) is 29.1 Å². The summed E-state index contributed by atoms with van der Waals surface area (Å²) < 4.78 is 5.65. The van der Waals surface area contributed by atoms with Crippen LogP contribution in [0, 0.1) is 5.92 Å². The van der Waals surface area contributed by atoms with Crippen LogP contribution in [0.5, 0.6) is 0 Å². The van der Waals surface area contributed by atoms with Gasteiger partial charge in [-0.2, -0.15) is 0 Å². The van der Waals surface area contributed by atoms with Crippen molar-refractivity contribution in [2.45, 2.75) is 31.6 Å². The zero-order valence-corrected chi connectivity index (χ0v) is 17.5. The van der Waals surface area contributed by atoms with Gasteiger partial charge in [0.05, 0.1) is 6.61 Å². The zero-order chi connectivity index (χ0) is 21.1. The molecule has 0 fully saturated rings. The smallest absolute Gasteiger partial charge is 0.315 e. The highest BCUT2D eigenvalue weighted by Gasteiger charge is 2.43. The molecular weight excluding hydrogens is 398 g/mol. The predicted molar refractivity (Wildman–Crippen MR) is 117 cm³/mol. The van der Waals surface area contributed by atoms with Crippen molar-refractivity contribution in [1.29, 1.82) is 0 Å². The topological polar surface area (TPSA) is 55.4 Å². The summed E-state index contributed by atoms with van der Waals surface area (Å²) in [6.07, 6.45) is 2.69. The molecule has 1 aliphatic carbocycles. The van der Waals surface area contributed by atoms with E-state index in [9.17, 15) is 9.59 Å². The van der Waals surface area contributed by atoms with Crippen LogP contribution < -0.4 is 5.32 Å². The number of carbonyl (C=O) groups excluding carboxylic acids is 2. The number of hydrogen-bond donors (Lipinski definition) is 1. The number of allylic oxidation sites excluding steroid dienone is 2. The molecule has 0 bridgehead atoms. The fraction of sp³-hybridized carbons (Fsp3) is 0.280. The Morgan fingerprint density at radius 3 is 2.70 bits per heavy atom. The van der Waals surface area contributed by atoms with Crippen LogP contribution >= 0.6 is 11.6 Å². The number of esters is 1. The van der Waals surface area contributed by atoms with E-state index in [-0.39, 0.29) is 18.4 Å². The lowest BCUT2D eigenvalue weighted by atomic mass is 9.71. The SMILES string of the molecule is C=C1NC2=C(C(=O)CCC2)C(c2cccc(Cl)c2)C1C(=O)OCCc1ccccc1. The van der Waals surface area contributed by atoms with Crippen molar-refractivity contribution < 1.29 is 14.3 Å². The monoisotopic (exact) mass is 421 g/mol. The summed E-state index contributed by atoms with van der Waals surface area (Å²) in [5.41, 5.74) is 4.04. The maximum atomic E-state index is 13.2. The van der Waals surface area contributed by atoms with Crippen LogP contribution in [-0.2, 0) is 20.7 Å². The molecule has 2 unspecified atom stereocenters. The molecule has 2 aromatic carbocycles. The number of rotatable bonds is 5. The first kappa shape index (κ1) is 20.4. The van der Waals surface area contributed by atoms with E-state index in [0.717, 1.165) is 29.7 Å². The molecule has 30 heavy (non-hydrogen) atoms. The lowest BCUT2D eigenvalue weighted by Crippen LogP contribution is -2.41. The third-order valence-corrected chi connectivity index (χ3v) is 5.96. The van der Waals surface area contributed by atoms with Crippen molar-refractivity contribution in [3.05, 3.63) is 94.3 Å². The van der Waals surface area contributed by atoms with Crippen molar-refractivity contribution in [3.63, 3.8) is 0 Å². The van der Waals surface area contributed by atoms with Gasteiger partial charge in [0.2, 0.25) is 0 Å². The minimum atomic E-state index is -0.681. The van der Waals surface area contributed by atoms with Gasteiger partial charge >= 0.3 is 5.97 Å². The maximum absolute atomic E-state index is 13.2. The van der Waals surface area contributed by atoms with Gasteiger partial charge in [-0.25, -0.2) is 0 Å². The summed E-state index contributed by atoms with van der Waals surface area (Å²) in [5, 5.41) is 3.80. The molecule has 4 rings (SSSR count). The molecule has 5 heteroatoms. The fourth-order valence-corrected chi connectivity index (χ4v) is 4.53. The zero-order valence-electron chi connectivity index (χ0n) is 16.7. The van der Waals surface area contributed by atoms with Crippen molar-refractivity contribution >= 4 is 23.4 Å². The van der Waals surface area contributed by atoms with Gasteiger partial charge in [0, 0.05) is 40.7 Å². The second-order valence-electron chi connectivity index (χ2n) is 7.73. The molecule has 1 aliphatic heterocycles. The Labute approximate surface area is 181 Å². The van der Waals surface area contributed by atoms with E-state index >= 15 is 0 Å². The number of hydrogen-bond acceptors (Lipinski definition) is 4. The molecule has 0 aromatic heterocycles. The van der Waals surface area contributed by atoms with E-state index < -0.39 is 11.8 Å². The van der Waals surface area contributed by atoms with Crippen LogP contribution in [0.3, 0.4) is 0 Å². The van der Waals surface area contributed by atoms with Gasteiger partial charge in [0.1, 0.15) is 5.92 Å². The van der Waals surface area contributed by atoms with Crippen LogP contribution in [0.1, 0.15) is 36.3 Å². The standard InChI is InChI=1S/C25H24ClNO3/c1-16-22(25(29)30-14-13-17-7-3-2-4-8-17)23(18-9-5-10-19(26)15-18)24-20(27-16)11-6-12-21(24)28/h2-5,7-10,15,22-23,27H,1,6,11-14H2. The van der Waals surface area contributed by atoms with Crippen LogP contribution in [0.25, 0.3) is 0 Å². The Balaban J connectivity index is 1.62. The number of nitrogens with one attached hydrogen (secondary N) is 1. The highest BCUT2D eigenvalue weighted by Crippen LogP contribution is 2.44. The summed E-state index contributed by atoms with van der Waals surface area (Å²) in [6.45, 7) is 4.38. The molecule has 2 atom stereocenters. The maximum Gasteiger partial charge on any atom is 0.315 e. The first-order valence-corrected chi connectivity index (χ1v) is 10.6. The van der Waals surface area contributed by atoms with Crippen LogP contribution in [-0.4, -0.2) is 18.4 Å². The second-order valence-corrected chi connectivity index (χ2v) is 8.17. The molecule has 4 nitrogen and oxygen atoms in total.